The van der Waals surface area contributed by atoms with Crippen molar-refractivity contribution >= 4 is 17.4 Å². The van der Waals surface area contributed by atoms with Crippen molar-refractivity contribution in [2.45, 2.75) is 19.8 Å². The van der Waals surface area contributed by atoms with Crippen LogP contribution >= 0.6 is 0 Å². The van der Waals surface area contributed by atoms with Gasteiger partial charge in [0.1, 0.15) is 0 Å². The van der Waals surface area contributed by atoms with Gasteiger partial charge in [0.05, 0.1) is 17.6 Å². The molecule has 0 aliphatic carbocycles. The second-order valence-corrected chi connectivity index (χ2v) is 4.10. The van der Waals surface area contributed by atoms with E-state index in [0.717, 1.165) is 5.69 Å². The Morgan fingerprint density at radius 2 is 2.22 bits per heavy atom. The average molecular weight is 246 g/mol. The normalized spacial score (nSPS) is 10.6. The van der Waals surface area contributed by atoms with Gasteiger partial charge in [-0.2, -0.15) is 5.10 Å². The zero-order chi connectivity index (χ0) is 13.1. The molecule has 0 atom stereocenters. The van der Waals surface area contributed by atoms with Crippen LogP contribution in [0.5, 0.6) is 0 Å². The molecule has 7 heteroatoms. The number of amides is 1. The number of anilines is 2. The summed E-state index contributed by atoms with van der Waals surface area (Å²) < 4.78 is 0. The number of hydrogen-bond donors (Lipinski definition) is 3. The molecule has 7 nitrogen and oxygen atoms in total. The fourth-order valence-electron chi connectivity index (χ4n) is 1.52. The topological polar surface area (TPSA) is 110 Å². The fraction of sp³-hybridized carbons (Fsp3) is 0.273. The van der Waals surface area contributed by atoms with Crippen molar-refractivity contribution in [2.75, 3.05) is 11.1 Å². The van der Waals surface area contributed by atoms with Crippen LogP contribution in [0.4, 0.5) is 11.5 Å². The van der Waals surface area contributed by atoms with Crippen molar-refractivity contribution in [1.82, 2.24) is 20.2 Å². The molecule has 2 aromatic heterocycles. The van der Waals surface area contributed by atoms with Crippen LogP contribution in [0.1, 0.15) is 35.9 Å². The van der Waals surface area contributed by atoms with Gasteiger partial charge in [-0.3, -0.25) is 14.9 Å². The van der Waals surface area contributed by atoms with Crippen LogP contribution < -0.4 is 11.1 Å². The largest absolute Gasteiger partial charge is 0.395 e. The van der Waals surface area contributed by atoms with E-state index in [1.165, 1.54) is 18.6 Å². The zero-order valence-corrected chi connectivity index (χ0v) is 10.1. The summed E-state index contributed by atoms with van der Waals surface area (Å²) in [5.41, 5.74) is 7.16. The molecular weight excluding hydrogens is 232 g/mol. The molecule has 0 aromatic carbocycles. The number of nitrogens with one attached hydrogen (secondary N) is 2. The van der Waals surface area contributed by atoms with Gasteiger partial charge in [-0.25, -0.2) is 4.98 Å². The molecule has 0 aliphatic rings. The van der Waals surface area contributed by atoms with Gasteiger partial charge >= 0.3 is 0 Å². The molecule has 2 rings (SSSR count). The summed E-state index contributed by atoms with van der Waals surface area (Å²) in [6.45, 7) is 3.93. The summed E-state index contributed by atoms with van der Waals surface area (Å²) in [4.78, 5) is 19.7. The van der Waals surface area contributed by atoms with Crippen LogP contribution in [-0.2, 0) is 0 Å². The maximum absolute atomic E-state index is 11.9. The molecule has 18 heavy (non-hydrogen) atoms. The third-order valence-corrected chi connectivity index (χ3v) is 2.43. The highest BCUT2D eigenvalue weighted by atomic mass is 16.2. The highest BCUT2D eigenvalue weighted by Gasteiger charge is 2.19. The molecule has 1 amide bonds. The quantitative estimate of drug-likeness (QED) is 0.752. The Hall–Kier alpha value is -2.44. The second kappa shape index (κ2) is 4.82. The minimum absolute atomic E-state index is 0.171. The lowest BCUT2D eigenvalue weighted by Gasteiger charge is -2.03. The first-order valence-corrected chi connectivity index (χ1v) is 5.50. The number of aromatic nitrogens is 4. The molecule has 94 valence electrons. The molecule has 0 saturated carbocycles. The van der Waals surface area contributed by atoms with E-state index in [0.29, 0.717) is 11.5 Å². The molecule has 2 heterocycles. The van der Waals surface area contributed by atoms with Gasteiger partial charge in [0, 0.05) is 12.4 Å². The Kier molecular flexibility index (Phi) is 3.22. The summed E-state index contributed by atoms with van der Waals surface area (Å²) in [7, 11) is 0. The first-order valence-electron chi connectivity index (χ1n) is 5.50. The van der Waals surface area contributed by atoms with E-state index in [4.69, 9.17) is 5.73 Å². The lowest BCUT2D eigenvalue weighted by atomic mass is 10.1. The van der Waals surface area contributed by atoms with Gasteiger partial charge in [-0.15, -0.1) is 0 Å². The summed E-state index contributed by atoms with van der Waals surface area (Å²) in [6, 6.07) is 0. The highest BCUT2D eigenvalue weighted by Crippen LogP contribution is 2.22. The first kappa shape index (κ1) is 12.0. The van der Waals surface area contributed by atoms with Crippen LogP contribution in [0.3, 0.4) is 0 Å². The molecule has 0 bridgehead atoms. The molecule has 2 aromatic rings. The third kappa shape index (κ3) is 2.29. The van der Waals surface area contributed by atoms with Crippen molar-refractivity contribution in [3.63, 3.8) is 0 Å². The van der Waals surface area contributed by atoms with Crippen LogP contribution in [0.25, 0.3) is 0 Å². The summed E-state index contributed by atoms with van der Waals surface area (Å²) in [5.74, 6) is 0.128. The van der Waals surface area contributed by atoms with Crippen molar-refractivity contribution in [1.29, 1.82) is 0 Å². The highest BCUT2D eigenvalue weighted by molar-refractivity contribution is 6.06. The maximum Gasteiger partial charge on any atom is 0.279 e. The number of nitrogen functional groups attached to an aromatic ring is 1. The van der Waals surface area contributed by atoms with Crippen molar-refractivity contribution < 1.29 is 4.79 Å². The van der Waals surface area contributed by atoms with Gasteiger partial charge in [-0.05, 0) is 5.92 Å². The van der Waals surface area contributed by atoms with E-state index in [1.807, 2.05) is 13.8 Å². The number of H-pyrrole nitrogens is 1. The Morgan fingerprint density at radius 3 is 2.78 bits per heavy atom. The number of carbonyl (C=O) groups is 1. The van der Waals surface area contributed by atoms with E-state index in [2.05, 4.69) is 25.5 Å². The minimum atomic E-state index is -0.406. The van der Waals surface area contributed by atoms with Gasteiger partial charge in [0.25, 0.3) is 5.91 Å². The monoisotopic (exact) mass is 246 g/mol. The summed E-state index contributed by atoms with van der Waals surface area (Å²) in [5, 5.41) is 9.27. The van der Waals surface area contributed by atoms with Crippen molar-refractivity contribution in [3.8, 4) is 0 Å². The Balaban J connectivity index is 2.20. The molecule has 0 aliphatic heterocycles. The lowest BCUT2D eigenvalue weighted by Crippen LogP contribution is -2.15. The Bertz CT molecular complexity index is 548. The fourth-order valence-corrected chi connectivity index (χ4v) is 1.52. The minimum Gasteiger partial charge on any atom is -0.395 e. The molecule has 0 saturated heterocycles. The van der Waals surface area contributed by atoms with Crippen molar-refractivity contribution in [2.24, 2.45) is 0 Å². The number of aromatic amines is 1. The van der Waals surface area contributed by atoms with Crippen molar-refractivity contribution in [3.05, 3.63) is 30.0 Å². The van der Waals surface area contributed by atoms with E-state index < -0.39 is 5.91 Å². The number of carbonyl (C=O) groups excluding carboxylic acids is 1. The van der Waals surface area contributed by atoms with Crippen LogP contribution in [0.2, 0.25) is 0 Å². The predicted molar refractivity (Wildman–Crippen MR) is 67.1 cm³/mol. The summed E-state index contributed by atoms with van der Waals surface area (Å²) in [6.07, 6.45) is 4.46. The smallest absolute Gasteiger partial charge is 0.279 e. The van der Waals surface area contributed by atoms with E-state index in [-0.39, 0.29) is 11.6 Å². The molecule has 4 N–H and O–H groups in total. The van der Waals surface area contributed by atoms with Gasteiger partial charge in [0.15, 0.2) is 11.5 Å². The Labute approximate surface area is 104 Å². The third-order valence-electron chi connectivity index (χ3n) is 2.43. The van der Waals surface area contributed by atoms with Crippen LogP contribution in [0.15, 0.2) is 18.6 Å². The standard InChI is InChI=1S/C11H14N6O/c1-6(2)9-8(12)10(17-16-9)11(18)15-7-5-13-3-4-14-7/h3-6H,12H2,1-2H3,(H,16,17)(H,14,15,18). The molecule has 0 radical (unpaired) electrons. The Morgan fingerprint density at radius 1 is 1.44 bits per heavy atom. The first-order chi connectivity index (χ1) is 8.59. The van der Waals surface area contributed by atoms with Gasteiger partial charge < -0.3 is 11.1 Å². The van der Waals surface area contributed by atoms with Crippen LogP contribution in [-0.4, -0.2) is 26.1 Å². The number of nitrogens with two attached hydrogens (primary N) is 1. The van der Waals surface area contributed by atoms with Gasteiger partial charge in [0.2, 0.25) is 0 Å². The predicted octanol–water partition coefficient (Wildman–Crippen LogP) is 1.16. The van der Waals surface area contributed by atoms with E-state index >= 15 is 0 Å². The zero-order valence-electron chi connectivity index (χ0n) is 10.1. The number of nitrogens with zero attached hydrogens (tertiary/aromatic N) is 3. The number of rotatable bonds is 3. The SMILES string of the molecule is CC(C)c1[nH]nc(C(=O)Nc2cnccn2)c1N. The molecular formula is C11H14N6O. The van der Waals surface area contributed by atoms with E-state index in [1.54, 1.807) is 0 Å². The molecule has 0 spiro atoms. The van der Waals surface area contributed by atoms with Gasteiger partial charge in [-0.1, -0.05) is 13.8 Å². The number of hydrogen-bond acceptors (Lipinski definition) is 5. The van der Waals surface area contributed by atoms with E-state index in [9.17, 15) is 4.79 Å². The molecule has 0 fully saturated rings. The lowest BCUT2D eigenvalue weighted by molar-refractivity contribution is 0.102. The maximum atomic E-state index is 11.9. The average Bonchev–Trinajstić information content (AvgIpc) is 2.72. The summed E-state index contributed by atoms with van der Waals surface area (Å²) >= 11 is 0. The molecule has 0 unspecified atom stereocenters. The second-order valence-electron chi connectivity index (χ2n) is 4.10. The van der Waals surface area contributed by atoms with Crippen LogP contribution in [0, 0.1) is 0 Å².